The number of hydrogen-bond acceptors (Lipinski definition) is 4. The van der Waals surface area contributed by atoms with Gasteiger partial charge in [0.1, 0.15) is 11.2 Å². The van der Waals surface area contributed by atoms with Crippen molar-refractivity contribution in [2.45, 2.75) is 4.90 Å². The summed E-state index contributed by atoms with van der Waals surface area (Å²) < 4.78 is 31.4. The fourth-order valence-corrected chi connectivity index (χ4v) is 2.44. The number of hydrogen-bond donors (Lipinski definition) is 2. The molecule has 0 amide bonds. The zero-order valence-corrected chi connectivity index (χ0v) is 10.6. The lowest BCUT2D eigenvalue weighted by atomic mass is 10.0. The van der Waals surface area contributed by atoms with Gasteiger partial charge in [-0.1, -0.05) is 30.3 Å². The lowest BCUT2D eigenvalue weighted by Gasteiger charge is -2.09. The molecule has 0 aliphatic heterocycles. The maximum atomic E-state index is 11.2. The molecule has 5 nitrogen and oxygen atoms in total. The maximum Gasteiger partial charge on any atom is 0.296 e. The highest BCUT2D eigenvalue weighted by Gasteiger charge is 2.16. The van der Waals surface area contributed by atoms with Crippen LogP contribution in [0.2, 0.25) is 0 Å². The molecule has 0 spiro atoms. The Balaban J connectivity index is 2.66. The smallest absolute Gasteiger partial charge is 0.296 e. The molecule has 98 valence electrons. The van der Waals surface area contributed by atoms with Crippen LogP contribution in [0.25, 0.3) is 11.1 Å². The molecule has 0 heterocycles. The number of benzene rings is 2. The van der Waals surface area contributed by atoms with E-state index >= 15 is 0 Å². The van der Waals surface area contributed by atoms with Gasteiger partial charge in [0.25, 0.3) is 10.1 Å². The predicted molar refractivity (Wildman–Crippen MR) is 71.5 cm³/mol. The monoisotopic (exact) mass is 277 g/mol. The first-order valence-corrected chi connectivity index (χ1v) is 6.79. The molecule has 2 aromatic carbocycles. The topological polar surface area (TPSA) is 97.5 Å². The summed E-state index contributed by atoms with van der Waals surface area (Å²) >= 11 is 0. The second-order valence-electron chi connectivity index (χ2n) is 3.94. The van der Waals surface area contributed by atoms with Crippen molar-refractivity contribution >= 4 is 22.1 Å². The van der Waals surface area contributed by atoms with Crippen LogP contribution in [0.5, 0.6) is 0 Å². The highest BCUT2D eigenvalue weighted by molar-refractivity contribution is 7.86. The largest absolute Gasteiger partial charge is 0.397 e. The van der Waals surface area contributed by atoms with Crippen LogP contribution in [-0.4, -0.2) is 19.3 Å². The first-order valence-electron chi connectivity index (χ1n) is 5.35. The van der Waals surface area contributed by atoms with E-state index in [0.717, 1.165) is 0 Å². The number of rotatable bonds is 3. The van der Waals surface area contributed by atoms with Gasteiger partial charge < -0.3 is 5.73 Å². The Kier molecular flexibility index (Phi) is 3.37. The van der Waals surface area contributed by atoms with Gasteiger partial charge in [-0.3, -0.25) is 9.35 Å². The summed E-state index contributed by atoms with van der Waals surface area (Å²) in [5.74, 6) is 0. The molecule has 0 unspecified atom stereocenters. The van der Waals surface area contributed by atoms with Crippen molar-refractivity contribution < 1.29 is 17.8 Å². The van der Waals surface area contributed by atoms with Gasteiger partial charge in [-0.2, -0.15) is 8.42 Å². The Morgan fingerprint density at radius 3 is 2.42 bits per heavy atom. The van der Waals surface area contributed by atoms with Crippen molar-refractivity contribution in [3.05, 3.63) is 48.0 Å². The van der Waals surface area contributed by atoms with Crippen molar-refractivity contribution in [2.24, 2.45) is 0 Å². The van der Waals surface area contributed by atoms with E-state index in [0.29, 0.717) is 23.0 Å². The SMILES string of the molecule is Nc1c(-c2cccc(C=O)c2)cccc1S(=O)(=O)O. The Labute approximate surface area is 110 Å². The summed E-state index contributed by atoms with van der Waals surface area (Å²) in [6.07, 6.45) is 0.687. The Morgan fingerprint density at radius 1 is 1.11 bits per heavy atom. The average Bonchev–Trinajstić information content (AvgIpc) is 2.37. The van der Waals surface area contributed by atoms with Gasteiger partial charge in [-0.05, 0) is 17.7 Å². The zero-order chi connectivity index (χ0) is 14.0. The molecular formula is C13H11NO4S. The van der Waals surface area contributed by atoms with Crippen molar-refractivity contribution in [1.82, 2.24) is 0 Å². The normalized spacial score (nSPS) is 11.2. The summed E-state index contributed by atoms with van der Waals surface area (Å²) in [5.41, 5.74) is 7.22. The van der Waals surface area contributed by atoms with E-state index in [1.54, 1.807) is 30.3 Å². The number of nitrogen functional groups attached to an aromatic ring is 1. The van der Waals surface area contributed by atoms with Crippen molar-refractivity contribution in [2.75, 3.05) is 5.73 Å². The van der Waals surface area contributed by atoms with Gasteiger partial charge in [0.15, 0.2) is 0 Å². The Bertz CT molecular complexity index is 738. The van der Waals surface area contributed by atoms with Gasteiger partial charge >= 0.3 is 0 Å². The molecule has 0 fully saturated rings. The van der Waals surface area contributed by atoms with Crippen LogP contribution in [-0.2, 0) is 10.1 Å². The minimum absolute atomic E-state index is 0.0481. The van der Waals surface area contributed by atoms with Crippen LogP contribution >= 0.6 is 0 Å². The summed E-state index contributed by atoms with van der Waals surface area (Å²) in [4.78, 5) is 10.4. The van der Waals surface area contributed by atoms with Gasteiger partial charge in [0, 0.05) is 11.1 Å². The van der Waals surface area contributed by atoms with E-state index in [1.807, 2.05) is 0 Å². The number of nitrogens with two attached hydrogens (primary N) is 1. The number of aldehydes is 1. The van der Waals surface area contributed by atoms with Crippen LogP contribution in [0.4, 0.5) is 5.69 Å². The van der Waals surface area contributed by atoms with E-state index < -0.39 is 10.1 Å². The van der Waals surface area contributed by atoms with E-state index in [4.69, 9.17) is 10.3 Å². The lowest BCUT2D eigenvalue weighted by molar-refractivity contribution is 0.112. The Hall–Kier alpha value is -2.18. The minimum atomic E-state index is -4.37. The predicted octanol–water partition coefficient (Wildman–Crippen LogP) is 2.00. The Morgan fingerprint density at radius 2 is 1.79 bits per heavy atom. The molecule has 0 radical (unpaired) electrons. The third-order valence-corrected chi connectivity index (χ3v) is 3.59. The first kappa shape index (κ1) is 13.3. The molecule has 3 N–H and O–H groups in total. The van der Waals surface area contributed by atoms with E-state index in [1.165, 1.54) is 12.1 Å². The van der Waals surface area contributed by atoms with Crippen molar-refractivity contribution in [1.29, 1.82) is 0 Å². The van der Waals surface area contributed by atoms with Gasteiger partial charge in [0.05, 0.1) is 5.69 Å². The molecule has 2 aromatic rings. The number of para-hydroxylation sites is 1. The van der Waals surface area contributed by atoms with Gasteiger partial charge in [-0.15, -0.1) is 0 Å². The summed E-state index contributed by atoms with van der Waals surface area (Å²) in [7, 11) is -4.37. The van der Waals surface area contributed by atoms with Crippen LogP contribution in [0.3, 0.4) is 0 Å². The van der Waals surface area contributed by atoms with Gasteiger partial charge in [-0.25, -0.2) is 0 Å². The summed E-state index contributed by atoms with van der Waals surface area (Å²) in [5, 5.41) is 0. The van der Waals surface area contributed by atoms with E-state index in [2.05, 4.69) is 0 Å². The summed E-state index contributed by atoms with van der Waals surface area (Å²) in [6.45, 7) is 0. The van der Waals surface area contributed by atoms with Crippen molar-refractivity contribution in [3.8, 4) is 11.1 Å². The van der Waals surface area contributed by atoms with Gasteiger partial charge in [0.2, 0.25) is 0 Å². The van der Waals surface area contributed by atoms with Crippen LogP contribution < -0.4 is 5.73 Å². The van der Waals surface area contributed by atoms with Crippen molar-refractivity contribution in [3.63, 3.8) is 0 Å². The fourth-order valence-electron chi connectivity index (χ4n) is 1.80. The molecule has 0 aliphatic carbocycles. The molecule has 2 rings (SSSR count). The fraction of sp³-hybridized carbons (Fsp3) is 0. The highest BCUT2D eigenvalue weighted by atomic mass is 32.2. The molecule has 0 atom stereocenters. The number of anilines is 1. The third kappa shape index (κ3) is 2.64. The molecule has 6 heteroatoms. The quantitative estimate of drug-likeness (QED) is 0.508. The lowest BCUT2D eigenvalue weighted by Crippen LogP contribution is -2.04. The molecule has 0 bridgehead atoms. The maximum absolute atomic E-state index is 11.2. The van der Waals surface area contributed by atoms with Crippen LogP contribution in [0.15, 0.2) is 47.4 Å². The number of carbonyl (C=O) groups excluding carboxylic acids is 1. The number of carbonyl (C=O) groups is 1. The molecule has 0 saturated carbocycles. The van der Waals surface area contributed by atoms with Crippen LogP contribution in [0.1, 0.15) is 10.4 Å². The van der Waals surface area contributed by atoms with E-state index in [9.17, 15) is 13.2 Å². The minimum Gasteiger partial charge on any atom is -0.397 e. The standard InChI is InChI=1S/C13H11NO4S/c14-13-11(5-2-6-12(13)19(16,17)18)10-4-1-3-9(7-10)8-15/h1-8H,14H2,(H,16,17,18). The summed E-state index contributed by atoms with van der Waals surface area (Å²) in [6, 6.07) is 10.9. The molecular weight excluding hydrogens is 266 g/mol. The van der Waals surface area contributed by atoms with E-state index in [-0.39, 0.29) is 10.6 Å². The first-order chi connectivity index (χ1) is 8.93. The molecule has 0 saturated heterocycles. The highest BCUT2D eigenvalue weighted by Crippen LogP contribution is 2.31. The molecule has 19 heavy (non-hydrogen) atoms. The zero-order valence-electron chi connectivity index (χ0n) is 9.78. The molecule has 0 aliphatic rings. The third-order valence-electron chi connectivity index (χ3n) is 2.68. The second-order valence-corrected chi connectivity index (χ2v) is 5.33. The molecule has 0 aromatic heterocycles. The second kappa shape index (κ2) is 4.83. The van der Waals surface area contributed by atoms with Crippen LogP contribution in [0, 0.1) is 0 Å². The average molecular weight is 277 g/mol.